The van der Waals surface area contributed by atoms with E-state index in [4.69, 9.17) is 5.11 Å². The van der Waals surface area contributed by atoms with Crippen LogP contribution in [0.5, 0.6) is 0 Å². The Hall–Kier alpha value is -1.24. The van der Waals surface area contributed by atoms with Crippen molar-refractivity contribution in [2.45, 2.75) is 33.6 Å². The van der Waals surface area contributed by atoms with Gasteiger partial charge in [-0.2, -0.15) is 0 Å². The molecule has 1 nitrogen and oxygen atoms in total. The molecule has 0 bridgehead atoms. The van der Waals surface area contributed by atoms with Crippen LogP contribution >= 0.6 is 0 Å². The summed E-state index contributed by atoms with van der Waals surface area (Å²) in [5.41, 5.74) is 5.13. The Morgan fingerprint density at radius 1 is 1.29 bits per heavy atom. The molecular formula is C13H18O. The van der Waals surface area contributed by atoms with Gasteiger partial charge in [-0.05, 0) is 55.9 Å². The number of aliphatic hydroxyl groups excluding tert-OH is 1. The summed E-state index contributed by atoms with van der Waals surface area (Å²) in [7, 11) is 0. The van der Waals surface area contributed by atoms with E-state index in [1.807, 2.05) is 6.92 Å². The summed E-state index contributed by atoms with van der Waals surface area (Å²) in [6, 6.07) is 6.36. The van der Waals surface area contributed by atoms with Crippen molar-refractivity contribution in [3.63, 3.8) is 0 Å². The second-order valence-electron chi connectivity index (χ2n) is 3.85. The van der Waals surface area contributed by atoms with Gasteiger partial charge in [0.2, 0.25) is 0 Å². The molecule has 0 fully saturated rings. The second-order valence-corrected chi connectivity index (χ2v) is 3.85. The van der Waals surface area contributed by atoms with E-state index >= 15 is 0 Å². The van der Waals surface area contributed by atoms with Crippen LogP contribution in [0.25, 0.3) is 0 Å². The van der Waals surface area contributed by atoms with Gasteiger partial charge in [0.05, 0.1) is 6.26 Å². The van der Waals surface area contributed by atoms with E-state index in [0.29, 0.717) is 0 Å². The first-order valence-corrected chi connectivity index (χ1v) is 5.00. The van der Waals surface area contributed by atoms with Crippen LogP contribution in [0, 0.1) is 13.8 Å². The van der Waals surface area contributed by atoms with Crippen LogP contribution in [0.3, 0.4) is 0 Å². The molecule has 14 heavy (non-hydrogen) atoms. The van der Waals surface area contributed by atoms with E-state index in [1.54, 1.807) is 0 Å². The maximum absolute atomic E-state index is 8.79. The zero-order valence-electron chi connectivity index (χ0n) is 9.17. The average Bonchev–Trinajstić information content (AvgIpc) is 2.16. The van der Waals surface area contributed by atoms with Crippen molar-refractivity contribution in [3.05, 3.63) is 46.7 Å². The van der Waals surface area contributed by atoms with Crippen molar-refractivity contribution in [2.24, 2.45) is 0 Å². The molecule has 0 aliphatic rings. The molecule has 0 saturated carbocycles. The Balaban J connectivity index is 2.76. The molecule has 1 rings (SSSR count). The average molecular weight is 190 g/mol. The Bertz CT molecular complexity index is 317. The lowest BCUT2D eigenvalue weighted by molar-refractivity contribution is 0.464. The lowest BCUT2D eigenvalue weighted by Crippen LogP contribution is -1.94. The molecule has 0 aliphatic carbocycles. The van der Waals surface area contributed by atoms with Crippen molar-refractivity contribution in [3.8, 4) is 0 Å². The van der Waals surface area contributed by atoms with Gasteiger partial charge in [-0.25, -0.2) is 0 Å². The lowest BCUT2D eigenvalue weighted by Gasteiger charge is -2.09. The third-order valence-electron chi connectivity index (χ3n) is 2.63. The van der Waals surface area contributed by atoms with Crippen LogP contribution in [0.15, 0.2) is 30.0 Å². The smallest absolute Gasteiger partial charge is 0.0780 e. The van der Waals surface area contributed by atoms with E-state index in [1.165, 1.54) is 23.0 Å². The zero-order valence-corrected chi connectivity index (χ0v) is 9.17. The molecule has 0 aromatic heterocycles. The van der Waals surface area contributed by atoms with Gasteiger partial charge < -0.3 is 5.11 Å². The molecule has 0 atom stereocenters. The summed E-state index contributed by atoms with van der Waals surface area (Å²) in [6.07, 6.45) is 3.15. The van der Waals surface area contributed by atoms with Crippen molar-refractivity contribution < 1.29 is 5.11 Å². The predicted molar refractivity (Wildman–Crippen MR) is 60.6 cm³/mol. The van der Waals surface area contributed by atoms with Gasteiger partial charge in [0, 0.05) is 0 Å². The van der Waals surface area contributed by atoms with Gasteiger partial charge in [0.25, 0.3) is 0 Å². The number of benzene rings is 1. The molecule has 0 unspecified atom stereocenters. The molecule has 1 heteroatoms. The molecule has 0 saturated heterocycles. The number of hydrogen-bond acceptors (Lipinski definition) is 1. The first-order valence-electron chi connectivity index (χ1n) is 5.00. The maximum atomic E-state index is 8.79. The van der Waals surface area contributed by atoms with Gasteiger partial charge in [0.15, 0.2) is 0 Å². The number of rotatable bonds is 3. The van der Waals surface area contributed by atoms with E-state index in [2.05, 4.69) is 32.0 Å². The van der Waals surface area contributed by atoms with Crippen molar-refractivity contribution in [1.29, 1.82) is 0 Å². The van der Waals surface area contributed by atoms with Crippen molar-refractivity contribution in [2.75, 3.05) is 0 Å². The minimum atomic E-state index is 0.933. The van der Waals surface area contributed by atoms with Crippen LogP contribution < -0.4 is 0 Å². The lowest BCUT2D eigenvalue weighted by atomic mass is 9.97. The minimum absolute atomic E-state index is 0.933. The predicted octanol–water partition coefficient (Wildman–Crippen LogP) is 3.70. The van der Waals surface area contributed by atoms with Crippen LogP contribution in [0.4, 0.5) is 0 Å². The third kappa shape index (κ3) is 2.63. The molecule has 0 radical (unpaired) electrons. The SMILES string of the molecule is CC(=CO)CCc1c(C)cccc1C. The second kappa shape index (κ2) is 4.85. The molecule has 0 heterocycles. The molecule has 76 valence electrons. The van der Waals surface area contributed by atoms with E-state index in [9.17, 15) is 0 Å². The fraction of sp³-hybridized carbons (Fsp3) is 0.385. The minimum Gasteiger partial charge on any atom is -0.516 e. The largest absolute Gasteiger partial charge is 0.516 e. The maximum Gasteiger partial charge on any atom is 0.0780 e. The van der Waals surface area contributed by atoms with E-state index < -0.39 is 0 Å². The standard InChI is InChI=1S/C13H18O/c1-10(9-14)7-8-13-11(2)5-4-6-12(13)3/h4-6,9,14H,7-8H2,1-3H3. The summed E-state index contributed by atoms with van der Waals surface area (Å²) in [5, 5.41) is 8.79. The Kier molecular flexibility index (Phi) is 3.75. The van der Waals surface area contributed by atoms with E-state index in [0.717, 1.165) is 18.4 Å². The monoisotopic (exact) mass is 190 g/mol. The molecule has 0 aliphatic heterocycles. The Morgan fingerprint density at radius 3 is 2.36 bits per heavy atom. The molecule has 1 aromatic rings. The first kappa shape index (κ1) is 10.8. The van der Waals surface area contributed by atoms with Crippen molar-refractivity contribution >= 4 is 0 Å². The van der Waals surface area contributed by atoms with Crippen LogP contribution in [-0.4, -0.2) is 5.11 Å². The van der Waals surface area contributed by atoms with E-state index in [-0.39, 0.29) is 0 Å². The molecule has 1 N–H and O–H groups in total. The number of hydrogen-bond donors (Lipinski definition) is 1. The van der Waals surface area contributed by atoms with Crippen molar-refractivity contribution in [1.82, 2.24) is 0 Å². The Labute approximate surface area is 86.1 Å². The number of aryl methyl sites for hydroxylation is 2. The van der Waals surface area contributed by atoms with Crippen LogP contribution in [-0.2, 0) is 6.42 Å². The van der Waals surface area contributed by atoms with Gasteiger partial charge in [-0.3, -0.25) is 0 Å². The van der Waals surface area contributed by atoms with Gasteiger partial charge in [0.1, 0.15) is 0 Å². The normalized spacial score (nSPS) is 11.8. The Morgan fingerprint density at radius 2 is 1.86 bits per heavy atom. The fourth-order valence-electron chi connectivity index (χ4n) is 1.63. The summed E-state index contributed by atoms with van der Waals surface area (Å²) in [4.78, 5) is 0. The highest BCUT2D eigenvalue weighted by Gasteiger charge is 2.01. The molecule has 0 amide bonds. The molecular weight excluding hydrogens is 172 g/mol. The summed E-state index contributed by atoms with van der Waals surface area (Å²) in [5.74, 6) is 0. The number of aliphatic hydroxyl groups is 1. The fourth-order valence-corrected chi connectivity index (χ4v) is 1.63. The summed E-state index contributed by atoms with van der Waals surface area (Å²) < 4.78 is 0. The van der Waals surface area contributed by atoms with Gasteiger partial charge >= 0.3 is 0 Å². The zero-order chi connectivity index (χ0) is 10.6. The quantitative estimate of drug-likeness (QED) is 0.720. The van der Waals surface area contributed by atoms with Gasteiger partial charge in [-0.15, -0.1) is 0 Å². The van der Waals surface area contributed by atoms with Gasteiger partial charge in [-0.1, -0.05) is 18.2 Å². The first-order chi connectivity index (χ1) is 6.65. The van der Waals surface area contributed by atoms with Crippen LogP contribution in [0.1, 0.15) is 30.0 Å². The molecule has 0 spiro atoms. The third-order valence-corrected chi connectivity index (χ3v) is 2.63. The topological polar surface area (TPSA) is 20.2 Å². The summed E-state index contributed by atoms with van der Waals surface area (Å²) in [6.45, 7) is 6.23. The number of allylic oxidation sites excluding steroid dienone is 1. The highest BCUT2D eigenvalue weighted by molar-refractivity contribution is 5.33. The highest BCUT2D eigenvalue weighted by atomic mass is 16.2. The highest BCUT2D eigenvalue weighted by Crippen LogP contribution is 2.17. The van der Waals surface area contributed by atoms with Crippen LogP contribution in [0.2, 0.25) is 0 Å². The molecule has 1 aromatic carbocycles. The summed E-state index contributed by atoms with van der Waals surface area (Å²) >= 11 is 0.